The third-order valence-corrected chi connectivity index (χ3v) is 3.35. The zero-order chi connectivity index (χ0) is 13.2. The van der Waals surface area contributed by atoms with Crippen LogP contribution in [0.15, 0.2) is 30.3 Å². The quantitative estimate of drug-likeness (QED) is 0.807. The number of Topliss-reactive ketones (excluding diaryl/α,β-unsaturated/α-hetero) is 1. The molecule has 1 fully saturated rings. The molecule has 1 aromatic carbocycles. The lowest BCUT2D eigenvalue weighted by Gasteiger charge is -2.16. The van der Waals surface area contributed by atoms with Crippen LogP contribution in [-0.4, -0.2) is 17.7 Å². The molecular formula is C15H19NO2. The van der Waals surface area contributed by atoms with E-state index in [4.69, 9.17) is 0 Å². The predicted molar refractivity (Wildman–Crippen MR) is 70.1 cm³/mol. The summed E-state index contributed by atoms with van der Waals surface area (Å²) in [6, 6.07) is 9.68. The van der Waals surface area contributed by atoms with E-state index >= 15 is 0 Å². The second-order valence-corrected chi connectivity index (χ2v) is 5.30. The first-order chi connectivity index (χ1) is 8.54. The van der Waals surface area contributed by atoms with Gasteiger partial charge in [0.1, 0.15) is 5.41 Å². The maximum Gasteiger partial charge on any atom is 0.233 e. The maximum atomic E-state index is 12.3. The predicted octanol–water partition coefficient (Wildman–Crippen LogP) is 2.10. The van der Waals surface area contributed by atoms with Crippen molar-refractivity contribution in [3.63, 3.8) is 0 Å². The minimum atomic E-state index is -0.736. The van der Waals surface area contributed by atoms with Gasteiger partial charge >= 0.3 is 0 Å². The third kappa shape index (κ3) is 2.61. The van der Waals surface area contributed by atoms with E-state index in [2.05, 4.69) is 5.32 Å². The van der Waals surface area contributed by atoms with E-state index < -0.39 is 5.41 Å². The monoisotopic (exact) mass is 245 g/mol. The first kappa shape index (κ1) is 12.8. The summed E-state index contributed by atoms with van der Waals surface area (Å²) in [7, 11) is 0. The van der Waals surface area contributed by atoms with Crippen LogP contribution in [0.2, 0.25) is 0 Å². The molecule has 1 aromatic rings. The fraction of sp³-hybridized carbons (Fsp3) is 0.467. The molecule has 1 amide bonds. The highest BCUT2D eigenvalue weighted by molar-refractivity contribution is 6.09. The summed E-state index contributed by atoms with van der Waals surface area (Å²) in [4.78, 5) is 24.3. The smallest absolute Gasteiger partial charge is 0.233 e. The van der Waals surface area contributed by atoms with E-state index in [0.29, 0.717) is 19.3 Å². The molecule has 0 atom stereocenters. The van der Waals surface area contributed by atoms with E-state index in [9.17, 15) is 9.59 Å². The van der Waals surface area contributed by atoms with Crippen molar-refractivity contribution in [2.24, 2.45) is 5.41 Å². The molecule has 0 aliphatic heterocycles. The Balaban J connectivity index is 2.03. The molecule has 1 saturated carbocycles. The van der Waals surface area contributed by atoms with Crippen LogP contribution in [0.3, 0.4) is 0 Å². The molecule has 0 spiro atoms. The van der Waals surface area contributed by atoms with E-state index in [1.165, 1.54) is 0 Å². The Morgan fingerprint density at radius 3 is 2.33 bits per heavy atom. The maximum absolute atomic E-state index is 12.3. The van der Waals surface area contributed by atoms with Crippen LogP contribution in [0, 0.1) is 5.41 Å². The van der Waals surface area contributed by atoms with Gasteiger partial charge < -0.3 is 5.32 Å². The molecule has 18 heavy (non-hydrogen) atoms. The van der Waals surface area contributed by atoms with E-state index in [1.54, 1.807) is 0 Å². The standard InChI is InChI=1S/C15H19NO2/c1-11(2)16-14(18)15(8-9-15)13(17)10-12-6-4-3-5-7-12/h3-7,11H,8-10H2,1-2H3,(H,16,18). The molecule has 0 aromatic heterocycles. The van der Waals surface area contributed by atoms with Crippen molar-refractivity contribution >= 4 is 11.7 Å². The van der Waals surface area contributed by atoms with Crippen molar-refractivity contribution in [2.75, 3.05) is 0 Å². The summed E-state index contributed by atoms with van der Waals surface area (Å²) >= 11 is 0. The Morgan fingerprint density at radius 2 is 1.83 bits per heavy atom. The van der Waals surface area contributed by atoms with Crippen molar-refractivity contribution in [2.45, 2.75) is 39.2 Å². The Bertz CT molecular complexity index is 447. The summed E-state index contributed by atoms with van der Waals surface area (Å²) < 4.78 is 0. The fourth-order valence-corrected chi connectivity index (χ4v) is 2.11. The topological polar surface area (TPSA) is 46.2 Å². The van der Waals surface area contributed by atoms with E-state index in [0.717, 1.165) is 5.56 Å². The number of hydrogen-bond donors (Lipinski definition) is 1. The van der Waals surface area contributed by atoms with Gasteiger partial charge in [-0.25, -0.2) is 0 Å². The summed E-state index contributed by atoms with van der Waals surface area (Å²) in [5, 5.41) is 2.85. The first-order valence-electron chi connectivity index (χ1n) is 6.43. The average Bonchev–Trinajstić information content (AvgIpc) is 3.10. The zero-order valence-electron chi connectivity index (χ0n) is 10.9. The molecule has 0 radical (unpaired) electrons. The second kappa shape index (κ2) is 4.92. The van der Waals surface area contributed by atoms with Crippen LogP contribution in [0.5, 0.6) is 0 Å². The van der Waals surface area contributed by atoms with Crippen molar-refractivity contribution in [3.8, 4) is 0 Å². The van der Waals surface area contributed by atoms with Crippen molar-refractivity contribution in [3.05, 3.63) is 35.9 Å². The lowest BCUT2D eigenvalue weighted by molar-refractivity contribution is -0.135. The number of hydrogen-bond acceptors (Lipinski definition) is 2. The number of ketones is 1. The van der Waals surface area contributed by atoms with Crippen LogP contribution in [0.4, 0.5) is 0 Å². The average molecular weight is 245 g/mol. The third-order valence-electron chi connectivity index (χ3n) is 3.35. The summed E-state index contributed by atoms with van der Waals surface area (Å²) in [5.74, 6) is -0.0507. The highest BCUT2D eigenvalue weighted by atomic mass is 16.2. The van der Waals surface area contributed by atoms with Crippen LogP contribution in [-0.2, 0) is 16.0 Å². The van der Waals surface area contributed by atoms with Gasteiger partial charge in [0.15, 0.2) is 5.78 Å². The number of rotatable bonds is 5. The van der Waals surface area contributed by atoms with Gasteiger partial charge in [-0.1, -0.05) is 30.3 Å². The molecule has 3 nitrogen and oxygen atoms in total. The van der Waals surface area contributed by atoms with Crippen LogP contribution < -0.4 is 5.32 Å². The summed E-state index contributed by atoms with van der Waals surface area (Å²) in [5.41, 5.74) is 0.242. The van der Waals surface area contributed by atoms with Crippen molar-refractivity contribution in [1.82, 2.24) is 5.32 Å². The Kier molecular flexibility index (Phi) is 3.50. The SMILES string of the molecule is CC(C)NC(=O)C1(C(=O)Cc2ccccc2)CC1. The number of amides is 1. The second-order valence-electron chi connectivity index (χ2n) is 5.30. The molecule has 0 heterocycles. The molecule has 3 heteroatoms. The Hall–Kier alpha value is -1.64. The summed E-state index contributed by atoms with van der Waals surface area (Å²) in [6.07, 6.45) is 1.74. The van der Waals surface area contributed by atoms with Crippen LogP contribution in [0.1, 0.15) is 32.3 Å². The minimum absolute atomic E-state index is 0.0480. The van der Waals surface area contributed by atoms with Gasteiger partial charge in [0.05, 0.1) is 0 Å². The molecule has 0 saturated heterocycles. The van der Waals surface area contributed by atoms with Crippen molar-refractivity contribution in [1.29, 1.82) is 0 Å². The molecule has 2 rings (SSSR count). The summed E-state index contributed by atoms with van der Waals surface area (Å²) in [6.45, 7) is 3.82. The Morgan fingerprint density at radius 1 is 1.22 bits per heavy atom. The van der Waals surface area contributed by atoms with Gasteiger partial charge in [0, 0.05) is 12.5 Å². The molecule has 1 N–H and O–H groups in total. The van der Waals surface area contributed by atoms with Gasteiger partial charge in [-0.3, -0.25) is 9.59 Å². The highest BCUT2D eigenvalue weighted by Gasteiger charge is 2.55. The lowest BCUT2D eigenvalue weighted by atomic mass is 9.94. The van der Waals surface area contributed by atoms with Gasteiger partial charge in [-0.15, -0.1) is 0 Å². The Labute approximate surface area is 108 Å². The molecule has 1 aliphatic carbocycles. The lowest BCUT2D eigenvalue weighted by Crippen LogP contribution is -2.41. The van der Waals surface area contributed by atoms with Gasteiger partial charge in [-0.05, 0) is 32.3 Å². The van der Waals surface area contributed by atoms with Gasteiger partial charge in [0.25, 0.3) is 0 Å². The largest absolute Gasteiger partial charge is 0.353 e. The molecule has 0 unspecified atom stereocenters. The normalized spacial score (nSPS) is 16.4. The van der Waals surface area contributed by atoms with Crippen LogP contribution in [0.25, 0.3) is 0 Å². The number of benzene rings is 1. The number of nitrogens with one attached hydrogen (secondary N) is 1. The van der Waals surface area contributed by atoms with Gasteiger partial charge in [0.2, 0.25) is 5.91 Å². The number of carbonyl (C=O) groups excluding carboxylic acids is 2. The van der Waals surface area contributed by atoms with Crippen LogP contribution >= 0.6 is 0 Å². The fourth-order valence-electron chi connectivity index (χ4n) is 2.11. The molecule has 1 aliphatic rings. The van der Waals surface area contributed by atoms with Gasteiger partial charge in [-0.2, -0.15) is 0 Å². The molecule has 0 bridgehead atoms. The van der Waals surface area contributed by atoms with Crippen molar-refractivity contribution < 1.29 is 9.59 Å². The number of carbonyl (C=O) groups is 2. The zero-order valence-corrected chi connectivity index (χ0v) is 10.9. The molecule has 96 valence electrons. The first-order valence-corrected chi connectivity index (χ1v) is 6.43. The minimum Gasteiger partial charge on any atom is -0.353 e. The molecular weight excluding hydrogens is 226 g/mol. The van der Waals surface area contributed by atoms with E-state index in [-0.39, 0.29) is 17.7 Å². The highest BCUT2D eigenvalue weighted by Crippen LogP contribution is 2.47. The van der Waals surface area contributed by atoms with E-state index in [1.807, 2.05) is 44.2 Å².